The number of likely N-dealkylation sites (tertiary alicyclic amines) is 1. The molecule has 2 amide bonds. The average Bonchev–Trinajstić information content (AvgIpc) is 2.64. The molecule has 1 aliphatic rings. The van der Waals surface area contributed by atoms with Crippen molar-refractivity contribution in [2.24, 2.45) is 5.92 Å². The molecular formula is C20H29BrClN3O3. The second kappa shape index (κ2) is 11.8. The van der Waals surface area contributed by atoms with Crippen LogP contribution in [0, 0.1) is 5.92 Å². The SMILES string of the molecule is CC(C)OCCCNC(=O)C1CCN(CC(=O)Nc2ccc(Br)cc2Cl)CC1. The average molecular weight is 475 g/mol. The lowest BCUT2D eigenvalue weighted by atomic mass is 9.96. The van der Waals surface area contributed by atoms with Gasteiger partial charge in [-0.2, -0.15) is 0 Å². The first-order valence-electron chi connectivity index (χ1n) is 9.71. The lowest BCUT2D eigenvalue weighted by Gasteiger charge is -2.30. The van der Waals surface area contributed by atoms with Crippen molar-refractivity contribution in [3.05, 3.63) is 27.7 Å². The molecule has 2 N–H and O–H groups in total. The number of benzene rings is 1. The molecule has 8 heteroatoms. The highest BCUT2D eigenvalue weighted by molar-refractivity contribution is 9.10. The summed E-state index contributed by atoms with van der Waals surface area (Å²) in [7, 11) is 0. The van der Waals surface area contributed by atoms with Crippen LogP contribution in [0.3, 0.4) is 0 Å². The molecule has 28 heavy (non-hydrogen) atoms. The fraction of sp³-hybridized carbons (Fsp3) is 0.600. The molecule has 0 unspecified atom stereocenters. The van der Waals surface area contributed by atoms with E-state index in [1.165, 1.54) is 0 Å². The maximum absolute atomic E-state index is 12.3. The van der Waals surface area contributed by atoms with Crippen LogP contribution in [-0.4, -0.2) is 55.6 Å². The third kappa shape index (κ3) is 8.07. The Morgan fingerprint density at radius 3 is 2.68 bits per heavy atom. The van der Waals surface area contributed by atoms with Crippen molar-refractivity contribution in [3.63, 3.8) is 0 Å². The summed E-state index contributed by atoms with van der Waals surface area (Å²) in [6.07, 6.45) is 2.57. The smallest absolute Gasteiger partial charge is 0.238 e. The van der Waals surface area contributed by atoms with Gasteiger partial charge in [0.05, 0.1) is 23.4 Å². The van der Waals surface area contributed by atoms with E-state index >= 15 is 0 Å². The van der Waals surface area contributed by atoms with E-state index in [1.54, 1.807) is 12.1 Å². The molecule has 0 saturated carbocycles. The predicted molar refractivity (Wildman–Crippen MR) is 116 cm³/mol. The van der Waals surface area contributed by atoms with Crippen molar-refractivity contribution in [3.8, 4) is 0 Å². The Morgan fingerprint density at radius 1 is 1.32 bits per heavy atom. The van der Waals surface area contributed by atoms with Gasteiger partial charge in [0.25, 0.3) is 0 Å². The van der Waals surface area contributed by atoms with Gasteiger partial charge >= 0.3 is 0 Å². The van der Waals surface area contributed by atoms with E-state index in [-0.39, 0.29) is 23.8 Å². The minimum absolute atomic E-state index is 0.0197. The van der Waals surface area contributed by atoms with Gasteiger partial charge in [-0.05, 0) is 64.4 Å². The van der Waals surface area contributed by atoms with Crippen LogP contribution in [0.25, 0.3) is 0 Å². The van der Waals surface area contributed by atoms with Gasteiger partial charge in [-0.3, -0.25) is 14.5 Å². The molecule has 156 valence electrons. The van der Waals surface area contributed by atoms with Gasteiger partial charge in [-0.15, -0.1) is 0 Å². The minimum atomic E-state index is -0.0997. The van der Waals surface area contributed by atoms with Gasteiger partial charge in [0.1, 0.15) is 0 Å². The number of nitrogens with zero attached hydrogens (tertiary/aromatic N) is 1. The third-order valence-corrected chi connectivity index (χ3v) is 5.41. The fourth-order valence-electron chi connectivity index (χ4n) is 3.08. The summed E-state index contributed by atoms with van der Waals surface area (Å²) in [5.41, 5.74) is 0.602. The first kappa shape index (κ1) is 23.1. The number of carbonyl (C=O) groups is 2. The molecule has 1 aliphatic heterocycles. The Bertz CT molecular complexity index is 664. The second-order valence-electron chi connectivity index (χ2n) is 7.29. The minimum Gasteiger partial charge on any atom is -0.379 e. The lowest BCUT2D eigenvalue weighted by molar-refractivity contribution is -0.126. The number of amides is 2. The molecule has 1 saturated heterocycles. The van der Waals surface area contributed by atoms with Crippen molar-refractivity contribution < 1.29 is 14.3 Å². The molecule has 1 fully saturated rings. The molecule has 0 aromatic heterocycles. The maximum atomic E-state index is 12.3. The molecule has 1 aromatic rings. The molecule has 0 spiro atoms. The van der Waals surface area contributed by atoms with Crippen LogP contribution < -0.4 is 10.6 Å². The molecular weight excluding hydrogens is 446 g/mol. The standard InChI is InChI=1S/C20H29BrClN3O3/c1-14(2)28-11-3-8-23-20(27)15-6-9-25(10-7-15)13-19(26)24-18-5-4-16(21)12-17(18)22/h4-5,12,14-15H,3,6-11,13H2,1-2H3,(H,23,27)(H,24,26). The lowest BCUT2D eigenvalue weighted by Crippen LogP contribution is -2.43. The van der Waals surface area contributed by atoms with Gasteiger partial charge in [0.15, 0.2) is 0 Å². The molecule has 0 atom stereocenters. The van der Waals surface area contributed by atoms with E-state index in [4.69, 9.17) is 16.3 Å². The van der Waals surface area contributed by atoms with Gasteiger partial charge in [0.2, 0.25) is 11.8 Å². The van der Waals surface area contributed by atoms with Crippen molar-refractivity contribution in [2.45, 2.75) is 39.2 Å². The molecule has 1 aromatic carbocycles. The normalized spacial score (nSPS) is 15.6. The highest BCUT2D eigenvalue weighted by Crippen LogP contribution is 2.25. The summed E-state index contributed by atoms with van der Waals surface area (Å²) in [5, 5.41) is 6.33. The van der Waals surface area contributed by atoms with E-state index in [9.17, 15) is 9.59 Å². The van der Waals surface area contributed by atoms with Crippen molar-refractivity contribution in [2.75, 3.05) is 38.1 Å². The quantitative estimate of drug-likeness (QED) is 0.536. The zero-order valence-electron chi connectivity index (χ0n) is 16.5. The van der Waals surface area contributed by atoms with E-state index in [0.717, 1.165) is 36.8 Å². The molecule has 2 rings (SSSR count). The van der Waals surface area contributed by atoms with E-state index in [0.29, 0.717) is 30.4 Å². The van der Waals surface area contributed by atoms with Crippen LogP contribution in [0.4, 0.5) is 5.69 Å². The van der Waals surface area contributed by atoms with Crippen LogP contribution in [0.2, 0.25) is 5.02 Å². The Labute approximate surface area is 180 Å². The van der Waals surface area contributed by atoms with Gasteiger partial charge in [-0.25, -0.2) is 0 Å². The van der Waals surface area contributed by atoms with Crippen LogP contribution in [-0.2, 0) is 14.3 Å². The number of piperidine rings is 1. The fourth-order valence-corrected chi connectivity index (χ4v) is 3.80. The van der Waals surface area contributed by atoms with Crippen LogP contribution in [0.5, 0.6) is 0 Å². The number of ether oxygens (including phenoxy) is 1. The highest BCUT2D eigenvalue weighted by atomic mass is 79.9. The van der Waals surface area contributed by atoms with Gasteiger partial charge < -0.3 is 15.4 Å². The Hall–Kier alpha value is -1.15. The zero-order valence-corrected chi connectivity index (χ0v) is 18.8. The van der Waals surface area contributed by atoms with E-state index in [2.05, 4.69) is 31.5 Å². The largest absolute Gasteiger partial charge is 0.379 e. The van der Waals surface area contributed by atoms with Crippen molar-refractivity contribution in [1.29, 1.82) is 0 Å². The summed E-state index contributed by atoms with van der Waals surface area (Å²) in [6.45, 7) is 7.07. The number of nitrogens with one attached hydrogen (secondary N) is 2. The van der Waals surface area contributed by atoms with Crippen LogP contribution in [0.1, 0.15) is 33.1 Å². The van der Waals surface area contributed by atoms with Gasteiger partial charge in [0, 0.05) is 23.5 Å². The number of hydrogen-bond donors (Lipinski definition) is 2. The van der Waals surface area contributed by atoms with E-state index in [1.807, 2.05) is 19.9 Å². The predicted octanol–water partition coefficient (Wildman–Crippen LogP) is 3.68. The molecule has 1 heterocycles. The van der Waals surface area contributed by atoms with Crippen molar-refractivity contribution >= 4 is 45.0 Å². The van der Waals surface area contributed by atoms with Gasteiger partial charge in [-0.1, -0.05) is 27.5 Å². The first-order chi connectivity index (χ1) is 13.3. The molecule has 0 radical (unpaired) electrons. The molecule has 0 aliphatic carbocycles. The number of rotatable bonds is 9. The summed E-state index contributed by atoms with van der Waals surface area (Å²) in [4.78, 5) is 26.6. The Balaban J connectivity index is 1.66. The number of carbonyl (C=O) groups excluding carboxylic acids is 2. The number of anilines is 1. The highest BCUT2D eigenvalue weighted by Gasteiger charge is 2.25. The topological polar surface area (TPSA) is 70.7 Å². The number of hydrogen-bond acceptors (Lipinski definition) is 4. The Morgan fingerprint density at radius 2 is 2.04 bits per heavy atom. The maximum Gasteiger partial charge on any atom is 0.238 e. The molecule has 6 nitrogen and oxygen atoms in total. The first-order valence-corrected chi connectivity index (χ1v) is 10.9. The zero-order chi connectivity index (χ0) is 20.5. The summed E-state index contributed by atoms with van der Waals surface area (Å²) >= 11 is 9.48. The molecule has 0 bridgehead atoms. The monoisotopic (exact) mass is 473 g/mol. The second-order valence-corrected chi connectivity index (χ2v) is 8.61. The summed E-state index contributed by atoms with van der Waals surface area (Å²) < 4.78 is 6.33. The third-order valence-electron chi connectivity index (χ3n) is 4.60. The number of halogens is 2. The van der Waals surface area contributed by atoms with Crippen LogP contribution >= 0.6 is 27.5 Å². The summed E-state index contributed by atoms with van der Waals surface area (Å²) in [5.74, 6) is 0.0267. The summed E-state index contributed by atoms with van der Waals surface area (Å²) in [6, 6.07) is 5.35. The van der Waals surface area contributed by atoms with Crippen LogP contribution in [0.15, 0.2) is 22.7 Å². The van der Waals surface area contributed by atoms with E-state index < -0.39 is 0 Å². The Kier molecular flexibility index (Phi) is 9.71. The van der Waals surface area contributed by atoms with Crippen molar-refractivity contribution in [1.82, 2.24) is 10.2 Å².